The molecule has 0 atom stereocenters. The maximum atomic E-state index is 10.3. The fraction of sp³-hybridized carbons (Fsp3) is 0. The molecule has 0 aromatic heterocycles. The largest absolute Gasteiger partial charge is 0.744 e. The first-order valence-corrected chi connectivity index (χ1v) is 4.02. The second-order valence-corrected chi connectivity index (χ2v) is 3.15. The van der Waals surface area contributed by atoms with Crippen LogP contribution in [0.2, 0.25) is 0 Å². The minimum Gasteiger partial charge on any atom is -0.744 e. The number of rotatable bonds is 1. The Bertz CT molecular complexity index is 306. The predicted molar refractivity (Wildman–Crippen MR) is 37.2 cm³/mol. The van der Waals surface area contributed by atoms with Gasteiger partial charge >= 0.3 is 0 Å². The van der Waals surface area contributed by atoms with Crippen LogP contribution in [-0.2, 0) is 10.1 Å². The summed E-state index contributed by atoms with van der Waals surface area (Å²) in [6.07, 6.45) is 0. The lowest BCUT2D eigenvalue weighted by Crippen LogP contribution is -1.96. The normalized spacial score (nSPS) is 10.3. The Hall–Kier alpha value is -0.580. The van der Waals surface area contributed by atoms with Gasteiger partial charge in [-0.2, -0.15) is 0 Å². The molecule has 0 saturated heterocycles. The van der Waals surface area contributed by atoms with Crippen molar-refractivity contribution in [3.8, 4) is 0 Å². The van der Waals surface area contributed by atoms with Crippen LogP contribution < -0.4 is 0 Å². The van der Waals surface area contributed by atoms with E-state index in [-0.39, 0.29) is 17.3 Å². The highest BCUT2D eigenvalue weighted by Crippen LogP contribution is 2.04. The molecule has 62 valence electrons. The van der Waals surface area contributed by atoms with Crippen LogP contribution in [-0.4, -0.2) is 13.0 Å². The fourth-order valence-corrected chi connectivity index (χ4v) is 1.08. The zero-order valence-electron chi connectivity index (χ0n) is 5.47. The van der Waals surface area contributed by atoms with Crippen LogP contribution in [0.15, 0.2) is 35.2 Å². The standard InChI is InChI=1S/C6H6O3S.ClH2/c7-10(8,9)6-4-2-1-3-5-6;/h1-5H,(H,7,8,9);1H2/q;+1/p-1. The summed E-state index contributed by atoms with van der Waals surface area (Å²) in [6.45, 7) is 0. The molecule has 0 amide bonds. The van der Waals surface area contributed by atoms with Gasteiger partial charge in [-0.3, -0.25) is 0 Å². The quantitative estimate of drug-likeness (QED) is 0.594. The molecule has 0 radical (unpaired) electrons. The first-order valence-electron chi connectivity index (χ1n) is 2.61. The summed E-state index contributed by atoms with van der Waals surface area (Å²) < 4.78 is 30.8. The fourth-order valence-electron chi connectivity index (χ4n) is 0.587. The van der Waals surface area contributed by atoms with Gasteiger partial charge in [-0.1, -0.05) is 18.2 Å². The van der Waals surface area contributed by atoms with E-state index in [0.29, 0.717) is 0 Å². The number of hydrogen-bond acceptors (Lipinski definition) is 3. The Morgan fingerprint density at radius 3 is 1.82 bits per heavy atom. The van der Waals surface area contributed by atoms with E-state index >= 15 is 0 Å². The Morgan fingerprint density at radius 2 is 1.55 bits per heavy atom. The second-order valence-electron chi connectivity index (χ2n) is 1.77. The molecule has 0 saturated carbocycles. The highest BCUT2D eigenvalue weighted by atomic mass is 35.5. The minimum absolute atomic E-state index is 0. The van der Waals surface area contributed by atoms with Crippen LogP contribution in [0.3, 0.4) is 0 Å². The van der Waals surface area contributed by atoms with Crippen molar-refractivity contribution in [3.63, 3.8) is 0 Å². The van der Waals surface area contributed by atoms with Gasteiger partial charge in [-0.05, 0) is 12.1 Å². The number of halogens is 1. The third-order valence-electron chi connectivity index (χ3n) is 1.03. The summed E-state index contributed by atoms with van der Waals surface area (Å²) in [4.78, 5) is -0.185. The molecule has 0 aliphatic heterocycles. The topological polar surface area (TPSA) is 57.2 Å². The van der Waals surface area contributed by atoms with Gasteiger partial charge in [0.05, 0.1) is 17.3 Å². The molecule has 0 unspecified atom stereocenters. The molecule has 0 N–H and O–H groups in total. The van der Waals surface area contributed by atoms with Crippen molar-refractivity contribution in [1.82, 2.24) is 0 Å². The van der Waals surface area contributed by atoms with E-state index in [1.807, 2.05) is 0 Å². The van der Waals surface area contributed by atoms with Gasteiger partial charge in [0, 0.05) is 0 Å². The molecular formula is C6H7ClO3S. The van der Waals surface area contributed by atoms with Crippen LogP contribution in [0.1, 0.15) is 0 Å². The maximum Gasteiger partial charge on any atom is 0.124 e. The molecule has 1 aromatic rings. The third-order valence-corrected chi connectivity index (χ3v) is 1.88. The second kappa shape index (κ2) is 3.71. The van der Waals surface area contributed by atoms with E-state index in [1.54, 1.807) is 6.07 Å². The Kier molecular flexibility index (Phi) is 3.51. The van der Waals surface area contributed by atoms with Gasteiger partial charge in [-0.25, -0.2) is 8.42 Å². The van der Waals surface area contributed by atoms with E-state index < -0.39 is 10.1 Å². The molecule has 1 rings (SSSR count). The highest BCUT2D eigenvalue weighted by molar-refractivity contribution is 7.85. The van der Waals surface area contributed by atoms with Gasteiger partial charge in [0.2, 0.25) is 0 Å². The first kappa shape index (κ1) is 10.4. The average Bonchev–Trinajstić information content (AvgIpc) is 1.88. The van der Waals surface area contributed by atoms with Gasteiger partial charge < -0.3 is 4.55 Å². The number of hydrogen-bond donors (Lipinski definition) is 0. The minimum atomic E-state index is -4.25. The average molecular weight is 195 g/mol. The smallest absolute Gasteiger partial charge is 0.124 e. The Balaban J connectivity index is 0.000001000. The van der Waals surface area contributed by atoms with Crippen molar-refractivity contribution in [1.29, 1.82) is 0 Å². The van der Waals surface area contributed by atoms with Crippen LogP contribution in [0.5, 0.6) is 0 Å². The molecule has 0 heterocycles. The molecule has 11 heavy (non-hydrogen) atoms. The summed E-state index contributed by atoms with van der Waals surface area (Å²) in [5, 5.41) is 0. The summed E-state index contributed by atoms with van der Waals surface area (Å²) in [5.41, 5.74) is 0. The lowest BCUT2D eigenvalue weighted by molar-refractivity contribution is -0.00000635. The Morgan fingerprint density at radius 1 is 1.09 bits per heavy atom. The van der Waals surface area contributed by atoms with Crippen LogP contribution in [0.25, 0.3) is 0 Å². The lowest BCUT2D eigenvalue weighted by atomic mass is 10.4. The third kappa shape index (κ3) is 2.88. The van der Waals surface area contributed by atoms with Crippen molar-refractivity contribution in [2.75, 3.05) is 0 Å². The van der Waals surface area contributed by atoms with Crippen molar-refractivity contribution in [2.45, 2.75) is 4.90 Å². The van der Waals surface area contributed by atoms with Crippen LogP contribution in [0.4, 0.5) is 0 Å². The molecule has 0 bridgehead atoms. The van der Waals surface area contributed by atoms with E-state index in [4.69, 9.17) is 0 Å². The lowest BCUT2D eigenvalue weighted by Gasteiger charge is -2.04. The summed E-state index contributed by atoms with van der Waals surface area (Å²) in [7, 11) is -4.25. The Labute approximate surface area is 71.2 Å². The number of benzene rings is 1. The predicted octanol–water partition coefficient (Wildman–Crippen LogP) is 0.0553. The van der Waals surface area contributed by atoms with Crippen molar-refractivity contribution < 1.29 is 25.4 Å². The van der Waals surface area contributed by atoms with Crippen LogP contribution >= 0.6 is 0 Å². The van der Waals surface area contributed by atoms with E-state index in [0.717, 1.165) is 0 Å². The zero-order valence-corrected chi connectivity index (χ0v) is 7.18. The summed E-state index contributed by atoms with van der Waals surface area (Å²) in [5.74, 6) is 0. The zero-order chi connectivity index (χ0) is 7.61. The maximum absolute atomic E-state index is 10.3. The molecule has 0 fully saturated rings. The first-order chi connectivity index (χ1) is 4.61. The molecule has 0 aliphatic rings. The highest BCUT2D eigenvalue weighted by Gasteiger charge is 1.95. The SMILES string of the molecule is O=S(=O)([O-])c1ccccc1.[ClH2+]. The summed E-state index contributed by atoms with van der Waals surface area (Å²) in [6, 6.07) is 7.19. The van der Waals surface area contributed by atoms with Crippen molar-refractivity contribution in [2.24, 2.45) is 0 Å². The van der Waals surface area contributed by atoms with Gasteiger partial charge in [-0.15, -0.1) is 0 Å². The molecule has 3 nitrogen and oxygen atoms in total. The summed E-state index contributed by atoms with van der Waals surface area (Å²) >= 11 is 0. The van der Waals surface area contributed by atoms with Crippen LogP contribution in [0, 0.1) is 12.4 Å². The van der Waals surface area contributed by atoms with Crippen molar-refractivity contribution >= 4 is 10.1 Å². The van der Waals surface area contributed by atoms with Gasteiger partial charge in [0.15, 0.2) is 0 Å². The molecule has 1 aromatic carbocycles. The molecular weight excluding hydrogens is 188 g/mol. The van der Waals surface area contributed by atoms with Crippen molar-refractivity contribution in [3.05, 3.63) is 30.3 Å². The van der Waals surface area contributed by atoms with Gasteiger partial charge in [0.1, 0.15) is 10.1 Å². The van der Waals surface area contributed by atoms with Gasteiger partial charge in [0.25, 0.3) is 0 Å². The van der Waals surface area contributed by atoms with E-state index in [9.17, 15) is 13.0 Å². The molecule has 0 aliphatic carbocycles. The monoisotopic (exact) mass is 194 g/mol. The molecule has 0 spiro atoms. The van der Waals surface area contributed by atoms with E-state index in [1.165, 1.54) is 24.3 Å². The molecule has 5 heteroatoms. The van der Waals surface area contributed by atoms with E-state index in [2.05, 4.69) is 0 Å².